The number of hydrogen-bond acceptors (Lipinski definition) is 18. The van der Waals surface area contributed by atoms with Crippen LogP contribution in [0.4, 0.5) is 0 Å². The van der Waals surface area contributed by atoms with Crippen LogP contribution in [0.1, 0.15) is 116 Å². The minimum Gasteiger partial charge on any atom is -0.446 e. The average Bonchev–Trinajstić information content (AvgIpc) is 4.14. The fraction of sp³-hybridized carbons (Fsp3) is 0.467. The normalized spacial score (nSPS) is 14.0. The van der Waals surface area contributed by atoms with E-state index in [9.17, 15) is 9.59 Å². The fourth-order valence-corrected chi connectivity index (χ4v) is 9.21. The van der Waals surface area contributed by atoms with Gasteiger partial charge in [0.05, 0.1) is 11.7 Å². The quantitative estimate of drug-likeness (QED) is 0.0262. The number of amides is 1. The van der Waals surface area contributed by atoms with E-state index in [4.69, 9.17) is 53.5 Å². The molecule has 0 aliphatic heterocycles. The van der Waals surface area contributed by atoms with Gasteiger partial charge in [-0.15, -0.1) is 22.7 Å². The van der Waals surface area contributed by atoms with E-state index in [0.717, 1.165) is 24.3 Å². The Morgan fingerprint density at radius 2 is 1.42 bits per heavy atom. The highest BCUT2D eigenvalue weighted by atomic mass is 32.1. The fourth-order valence-electron chi connectivity index (χ4n) is 7.36. The smallest absolute Gasteiger partial charge is 0.249 e. The number of aliphatic imine (C=N–C) groups is 1. The van der Waals surface area contributed by atoms with Gasteiger partial charge >= 0.3 is 0 Å². The van der Waals surface area contributed by atoms with Gasteiger partial charge < -0.3 is 43.8 Å². The van der Waals surface area contributed by atoms with Crippen LogP contribution in [0.25, 0.3) is 57.0 Å². The van der Waals surface area contributed by atoms with Crippen LogP contribution >= 0.6 is 22.7 Å². The molecule has 0 saturated heterocycles. The molecule has 7 heterocycles. The lowest BCUT2D eigenvalue weighted by Gasteiger charge is -2.27. The Bertz CT molecular complexity index is 2800. The number of carbonyl (C=O) groups excluding carboxylic acids is 2. The molecule has 7 rings (SSSR count). The number of nitrogens with one attached hydrogen (secondary N) is 1. The molecule has 350 valence electrons. The molecule has 66 heavy (non-hydrogen) atoms. The zero-order chi connectivity index (χ0) is 47.4. The molecule has 5 N–H and O–H groups in total. The van der Waals surface area contributed by atoms with Crippen molar-refractivity contribution in [2.45, 2.75) is 99.6 Å². The second-order valence-electron chi connectivity index (χ2n) is 16.7. The summed E-state index contributed by atoms with van der Waals surface area (Å²) in [6.45, 7) is 15.6. The van der Waals surface area contributed by atoms with E-state index in [1.165, 1.54) is 23.9 Å². The summed E-state index contributed by atoms with van der Waals surface area (Å²) in [5.41, 5.74) is 14.3. The van der Waals surface area contributed by atoms with E-state index >= 15 is 0 Å². The summed E-state index contributed by atoms with van der Waals surface area (Å²) < 4.78 is 29.6. The molecule has 21 heteroatoms. The number of guanidine groups is 1. The molecular weight excluding hydrogens is 885 g/mol. The van der Waals surface area contributed by atoms with E-state index in [2.05, 4.69) is 30.2 Å². The van der Waals surface area contributed by atoms with E-state index < -0.39 is 12.0 Å². The van der Waals surface area contributed by atoms with Crippen molar-refractivity contribution in [1.82, 2.24) is 45.1 Å². The Kier molecular flexibility index (Phi) is 14.8. The Balaban J connectivity index is 1.04. The summed E-state index contributed by atoms with van der Waals surface area (Å²) in [7, 11) is 4.03. The standard InChI is InChI=1S/C45H56N12O7S2/c1-11-21(3)27(37(59)53-33(22(4)12-2)41-50-28(18-61-41)38-49-23(5)17-60-38)16-32(58)34-24(6)64-42(54-34)35-25(7)62-39(55-35)30-20-66-44(52-30)36-26(8)63-40(56-36)29-19-65-43(51-29)31(57(9)10)14-13-15-48-45(46)47/h17-22,27,31,33H,11-16H2,1-10H3,(H,53,59)(H4,46,47,48)/t21-,22-,27-,31-,33-/m0/s1. The largest absolute Gasteiger partial charge is 0.446 e. The Labute approximate surface area is 390 Å². The number of aromatic nitrogens is 7. The number of oxazole rings is 5. The van der Waals surface area contributed by atoms with Crippen molar-refractivity contribution in [1.29, 1.82) is 0 Å². The van der Waals surface area contributed by atoms with Gasteiger partial charge in [-0.2, -0.15) is 0 Å². The lowest BCUT2D eigenvalue weighted by Crippen LogP contribution is -2.40. The van der Waals surface area contributed by atoms with Crippen molar-refractivity contribution >= 4 is 40.3 Å². The minimum atomic E-state index is -0.672. The Morgan fingerprint density at radius 3 is 2.09 bits per heavy atom. The number of Topliss-reactive ketones (excluding diaryl/α,β-unsaturated/α-hetero) is 1. The van der Waals surface area contributed by atoms with Gasteiger partial charge in [-0.25, -0.2) is 34.9 Å². The van der Waals surface area contributed by atoms with E-state index in [-0.39, 0.29) is 59.4 Å². The van der Waals surface area contributed by atoms with Crippen LogP contribution in [0.3, 0.4) is 0 Å². The molecule has 5 atom stereocenters. The SMILES string of the molecule is CC[C@H](C)[C@H](CC(=O)c1nc(-c2nc(-c3csc(-c4nc(-c5csc([C@H](CCCN=C(N)N)N(C)C)n5)oc4C)n3)oc2C)oc1C)C(=O)N[C@H](c1nc(-c2nc(C)co2)co1)[C@@H](C)CC. The molecule has 0 unspecified atom stereocenters. The van der Waals surface area contributed by atoms with Crippen LogP contribution in [-0.2, 0) is 4.79 Å². The number of hydrogen-bond donors (Lipinski definition) is 3. The van der Waals surface area contributed by atoms with Crippen molar-refractivity contribution in [2.24, 2.45) is 34.2 Å². The van der Waals surface area contributed by atoms with E-state index in [1.54, 1.807) is 25.2 Å². The molecule has 7 aromatic heterocycles. The molecule has 0 fully saturated rings. The van der Waals surface area contributed by atoms with Crippen molar-refractivity contribution in [3.05, 3.63) is 62.9 Å². The predicted molar refractivity (Wildman–Crippen MR) is 249 cm³/mol. The van der Waals surface area contributed by atoms with Crippen LogP contribution in [0.15, 0.2) is 50.4 Å². The highest BCUT2D eigenvalue weighted by Gasteiger charge is 2.34. The molecule has 7 aromatic rings. The van der Waals surface area contributed by atoms with Crippen LogP contribution in [0, 0.1) is 45.4 Å². The van der Waals surface area contributed by atoms with Crippen molar-refractivity contribution in [3.63, 3.8) is 0 Å². The molecule has 0 aliphatic carbocycles. The molecule has 0 aromatic carbocycles. The van der Waals surface area contributed by atoms with E-state index in [0.29, 0.717) is 87.1 Å². The first-order chi connectivity index (χ1) is 31.5. The van der Waals surface area contributed by atoms with Gasteiger partial charge in [-0.1, -0.05) is 40.5 Å². The molecule has 19 nitrogen and oxygen atoms in total. The maximum absolute atomic E-state index is 14.1. The van der Waals surface area contributed by atoms with Crippen LogP contribution < -0.4 is 16.8 Å². The molecule has 0 aliphatic rings. The first-order valence-corrected chi connectivity index (χ1v) is 23.6. The van der Waals surface area contributed by atoms with Crippen molar-refractivity contribution in [3.8, 4) is 57.0 Å². The van der Waals surface area contributed by atoms with E-state index in [1.807, 2.05) is 66.4 Å². The van der Waals surface area contributed by atoms with Crippen LogP contribution in [0.2, 0.25) is 0 Å². The second kappa shape index (κ2) is 20.5. The number of carbonyl (C=O) groups is 2. The topological polar surface area (TPSA) is 270 Å². The second-order valence-corrected chi connectivity index (χ2v) is 18.4. The van der Waals surface area contributed by atoms with Gasteiger partial charge in [-0.05, 0) is 66.5 Å². The van der Waals surface area contributed by atoms with Crippen LogP contribution in [0.5, 0.6) is 0 Å². The highest BCUT2D eigenvalue weighted by Crippen LogP contribution is 2.37. The van der Waals surface area contributed by atoms with Crippen molar-refractivity contribution in [2.75, 3.05) is 20.6 Å². The summed E-state index contributed by atoms with van der Waals surface area (Å²) >= 11 is 2.91. The number of nitrogens with two attached hydrogens (primary N) is 2. The number of ketones is 1. The molecule has 0 bridgehead atoms. The lowest BCUT2D eigenvalue weighted by molar-refractivity contribution is -0.127. The first kappa shape index (κ1) is 47.6. The summed E-state index contributed by atoms with van der Waals surface area (Å²) in [6, 6.07) is -0.479. The van der Waals surface area contributed by atoms with Gasteiger partial charge in [0, 0.05) is 29.6 Å². The van der Waals surface area contributed by atoms with Gasteiger partial charge in [-0.3, -0.25) is 14.6 Å². The lowest BCUT2D eigenvalue weighted by atomic mass is 9.85. The summed E-state index contributed by atoms with van der Waals surface area (Å²) in [6.07, 6.45) is 5.94. The molecule has 0 spiro atoms. The van der Waals surface area contributed by atoms with Gasteiger partial charge in [0.1, 0.15) is 68.6 Å². The Hall–Kier alpha value is -6.32. The Morgan fingerprint density at radius 1 is 0.758 bits per heavy atom. The monoisotopic (exact) mass is 940 g/mol. The third-order valence-corrected chi connectivity index (χ3v) is 13.4. The minimum absolute atomic E-state index is 0.0309. The number of rotatable bonds is 21. The zero-order valence-electron chi connectivity index (χ0n) is 38.8. The summed E-state index contributed by atoms with van der Waals surface area (Å²) in [5, 5.41) is 8.45. The summed E-state index contributed by atoms with van der Waals surface area (Å²) in [4.78, 5) is 67.1. The van der Waals surface area contributed by atoms with Crippen molar-refractivity contribution < 1.29 is 31.7 Å². The maximum Gasteiger partial charge on any atom is 0.249 e. The van der Waals surface area contributed by atoms with Gasteiger partial charge in [0.15, 0.2) is 23.1 Å². The van der Waals surface area contributed by atoms with Crippen LogP contribution in [-0.4, -0.2) is 78.1 Å². The maximum atomic E-state index is 14.1. The average molecular weight is 941 g/mol. The number of thiazole rings is 2. The highest BCUT2D eigenvalue weighted by molar-refractivity contribution is 7.13. The molecule has 0 saturated carbocycles. The predicted octanol–water partition coefficient (Wildman–Crippen LogP) is 8.90. The first-order valence-electron chi connectivity index (χ1n) is 21.8. The van der Waals surface area contributed by atoms with Gasteiger partial charge in [0.25, 0.3) is 0 Å². The van der Waals surface area contributed by atoms with Gasteiger partial charge in [0.2, 0.25) is 35.4 Å². The number of nitrogens with zero attached hydrogens (tertiary/aromatic N) is 9. The third-order valence-electron chi connectivity index (χ3n) is 11.6. The molecule has 0 radical (unpaired) electrons. The third kappa shape index (κ3) is 10.5. The zero-order valence-corrected chi connectivity index (χ0v) is 40.4. The molecular formula is C45H56N12O7S2. The molecule has 1 amide bonds. The summed E-state index contributed by atoms with van der Waals surface area (Å²) in [5.74, 6) is 1.35. The number of aryl methyl sites for hydroxylation is 4.